The molecule has 0 rings (SSSR count). The summed E-state index contributed by atoms with van der Waals surface area (Å²) in [5.41, 5.74) is 0.764. The molecule has 0 aromatic rings. The predicted octanol–water partition coefficient (Wildman–Crippen LogP) is 1.31. The Morgan fingerprint density at radius 3 is 2.79 bits per heavy atom. The summed E-state index contributed by atoms with van der Waals surface area (Å²) in [5.74, 6) is 2.05. The first-order valence-electron chi connectivity index (χ1n) is 4.14. The van der Waals surface area contributed by atoms with Crippen molar-refractivity contribution in [3.8, 4) is 12.3 Å². The molecule has 0 aromatic carbocycles. The van der Waals surface area contributed by atoms with Gasteiger partial charge in [0.1, 0.15) is 6.61 Å². The number of carbonyl (C=O) groups excluding carboxylic acids is 1. The quantitative estimate of drug-likeness (QED) is 0.376. The van der Waals surface area contributed by atoms with Crippen LogP contribution in [0.15, 0.2) is 23.8 Å². The molecule has 0 atom stereocenters. The Morgan fingerprint density at radius 2 is 2.29 bits per heavy atom. The van der Waals surface area contributed by atoms with Crippen molar-refractivity contribution in [1.82, 2.24) is 0 Å². The van der Waals surface area contributed by atoms with E-state index in [2.05, 4.69) is 5.92 Å². The number of esters is 1. The topological polar surface area (TPSA) is 35.5 Å². The summed E-state index contributed by atoms with van der Waals surface area (Å²) in [5, 5.41) is 0. The van der Waals surface area contributed by atoms with Gasteiger partial charge in [0, 0.05) is 14.0 Å². The Balaban J connectivity index is 4.11. The van der Waals surface area contributed by atoms with E-state index in [4.69, 9.17) is 15.9 Å². The number of ether oxygens (including phenoxy) is 2. The summed E-state index contributed by atoms with van der Waals surface area (Å²) in [6, 6.07) is 0. The molecule has 0 N–H and O–H groups in total. The van der Waals surface area contributed by atoms with E-state index in [1.165, 1.54) is 6.92 Å². The summed E-state index contributed by atoms with van der Waals surface area (Å²) in [6.07, 6.45) is 10.2. The molecule has 0 fully saturated rings. The van der Waals surface area contributed by atoms with Crippen LogP contribution < -0.4 is 0 Å². The molecule has 0 aliphatic rings. The number of carbonyl (C=O) groups is 1. The second-order valence-electron chi connectivity index (χ2n) is 2.52. The maximum absolute atomic E-state index is 10.5. The largest absolute Gasteiger partial charge is 0.461 e. The van der Waals surface area contributed by atoms with Crippen molar-refractivity contribution >= 4 is 5.97 Å². The standard InChI is InChI=1S/C11H14O3/c1-4-6-11(7-5-8-13-3)9-14-10(2)12/h1,5-7H,8-9H2,2-3H3/b7-5-,11-6+. The van der Waals surface area contributed by atoms with E-state index in [-0.39, 0.29) is 12.6 Å². The number of hydrogen-bond donors (Lipinski definition) is 0. The van der Waals surface area contributed by atoms with Crippen LogP contribution in [0.25, 0.3) is 0 Å². The molecule has 0 saturated carbocycles. The zero-order valence-electron chi connectivity index (χ0n) is 8.45. The molecule has 0 amide bonds. The molecule has 14 heavy (non-hydrogen) atoms. The summed E-state index contributed by atoms with van der Waals surface area (Å²) >= 11 is 0. The Labute approximate surface area is 84.4 Å². The van der Waals surface area contributed by atoms with Crippen LogP contribution >= 0.6 is 0 Å². The van der Waals surface area contributed by atoms with Crippen molar-refractivity contribution in [2.24, 2.45) is 0 Å². The fourth-order valence-electron chi connectivity index (χ4n) is 0.726. The first-order chi connectivity index (χ1) is 6.70. The molecule has 0 spiro atoms. The Morgan fingerprint density at radius 1 is 1.57 bits per heavy atom. The lowest BCUT2D eigenvalue weighted by molar-refractivity contribution is -0.139. The van der Waals surface area contributed by atoms with Gasteiger partial charge in [-0.2, -0.15) is 0 Å². The molecule has 0 aliphatic carbocycles. The summed E-state index contributed by atoms with van der Waals surface area (Å²) < 4.78 is 9.61. The number of methoxy groups -OCH3 is 1. The lowest BCUT2D eigenvalue weighted by Gasteiger charge is -2.01. The SMILES string of the molecule is C#C/C=C(\C=C/COC)COC(C)=O. The van der Waals surface area contributed by atoms with Crippen molar-refractivity contribution < 1.29 is 14.3 Å². The van der Waals surface area contributed by atoms with Crippen LogP contribution in [0.3, 0.4) is 0 Å². The molecule has 0 aromatic heterocycles. The predicted molar refractivity (Wildman–Crippen MR) is 54.6 cm³/mol. The highest BCUT2D eigenvalue weighted by atomic mass is 16.5. The highest BCUT2D eigenvalue weighted by Crippen LogP contribution is 1.98. The number of allylic oxidation sites excluding steroid dienone is 1. The van der Waals surface area contributed by atoms with Crippen LogP contribution in [-0.2, 0) is 14.3 Å². The van der Waals surface area contributed by atoms with Crippen molar-refractivity contribution in [3.05, 3.63) is 23.8 Å². The maximum atomic E-state index is 10.5. The van der Waals surface area contributed by atoms with Crippen LogP contribution in [0, 0.1) is 12.3 Å². The van der Waals surface area contributed by atoms with Crippen molar-refractivity contribution in [3.63, 3.8) is 0 Å². The second-order valence-corrected chi connectivity index (χ2v) is 2.52. The van der Waals surface area contributed by atoms with Gasteiger partial charge in [-0.25, -0.2) is 0 Å². The van der Waals surface area contributed by atoms with Gasteiger partial charge in [-0.3, -0.25) is 4.79 Å². The minimum absolute atomic E-state index is 0.194. The Bertz CT molecular complexity index is 269. The lowest BCUT2D eigenvalue weighted by atomic mass is 10.2. The van der Waals surface area contributed by atoms with Gasteiger partial charge >= 0.3 is 5.97 Å². The molecule has 0 heterocycles. The van der Waals surface area contributed by atoms with E-state index in [1.807, 2.05) is 0 Å². The van der Waals surface area contributed by atoms with E-state index >= 15 is 0 Å². The van der Waals surface area contributed by atoms with Crippen molar-refractivity contribution in [1.29, 1.82) is 0 Å². The Kier molecular flexibility index (Phi) is 7.20. The minimum Gasteiger partial charge on any atom is -0.461 e. The van der Waals surface area contributed by atoms with Gasteiger partial charge in [0.25, 0.3) is 0 Å². The molecule has 0 aliphatic heterocycles. The highest BCUT2D eigenvalue weighted by Gasteiger charge is 1.95. The van der Waals surface area contributed by atoms with Gasteiger partial charge in [0.2, 0.25) is 0 Å². The average Bonchev–Trinajstić information content (AvgIpc) is 2.14. The number of terminal acetylenes is 1. The summed E-state index contributed by atoms with van der Waals surface area (Å²) in [6.45, 7) is 2.05. The molecule has 0 unspecified atom stereocenters. The average molecular weight is 194 g/mol. The van der Waals surface area contributed by atoms with Crippen LogP contribution in [0.4, 0.5) is 0 Å². The monoisotopic (exact) mass is 194 g/mol. The fourth-order valence-corrected chi connectivity index (χ4v) is 0.726. The van der Waals surface area contributed by atoms with Crippen LogP contribution in [0.2, 0.25) is 0 Å². The third kappa shape index (κ3) is 7.14. The smallest absolute Gasteiger partial charge is 0.302 e. The van der Waals surface area contributed by atoms with Gasteiger partial charge in [-0.15, -0.1) is 6.42 Å². The summed E-state index contributed by atoms with van der Waals surface area (Å²) in [7, 11) is 1.60. The van der Waals surface area contributed by atoms with Crippen molar-refractivity contribution in [2.45, 2.75) is 6.92 Å². The second kappa shape index (κ2) is 8.09. The van der Waals surface area contributed by atoms with Gasteiger partial charge < -0.3 is 9.47 Å². The van der Waals surface area contributed by atoms with Gasteiger partial charge in [-0.05, 0) is 11.6 Å². The molecule has 3 heteroatoms. The molecule has 0 saturated heterocycles. The van der Waals surface area contributed by atoms with E-state index in [9.17, 15) is 4.79 Å². The van der Waals surface area contributed by atoms with Gasteiger partial charge in [0.15, 0.2) is 0 Å². The first-order valence-corrected chi connectivity index (χ1v) is 4.14. The van der Waals surface area contributed by atoms with Gasteiger partial charge in [-0.1, -0.05) is 18.1 Å². The number of hydrogen-bond acceptors (Lipinski definition) is 3. The molecular formula is C11H14O3. The van der Waals surface area contributed by atoms with E-state index in [0.717, 1.165) is 5.57 Å². The highest BCUT2D eigenvalue weighted by molar-refractivity contribution is 5.66. The van der Waals surface area contributed by atoms with Crippen molar-refractivity contribution in [2.75, 3.05) is 20.3 Å². The Hall–Kier alpha value is -1.53. The van der Waals surface area contributed by atoms with Crippen LogP contribution in [-0.4, -0.2) is 26.3 Å². The summed E-state index contributed by atoms with van der Waals surface area (Å²) in [4.78, 5) is 10.5. The third-order valence-electron chi connectivity index (χ3n) is 1.31. The molecule has 76 valence electrons. The van der Waals surface area contributed by atoms with E-state index in [0.29, 0.717) is 6.61 Å². The fraction of sp³-hybridized carbons (Fsp3) is 0.364. The third-order valence-corrected chi connectivity index (χ3v) is 1.31. The first kappa shape index (κ1) is 12.5. The molecule has 0 bridgehead atoms. The maximum Gasteiger partial charge on any atom is 0.302 e. The van der Waals surface area contributed by atoms with Crippen LogP contribution in [0.5, 0.6) is 0 Å². The lowest BCUT2D eigenvalue weighted by Crippen LogP contribution is -2.02. The molecule has 0 radical (unpaired) electrons. The zero-order valence-corrected chi connectivity index (χ0v) is 8.45. The van der Waals surface area contributed by atoms with E-state index in [1.54, 1.807) is 25.3 Å². The number of rotatable bonds is 5. The minimum atomic E-state index is -0.326. The van der Waals surface area contributed by atoms with Crippen LogP contribution in [0.1, 0.15) is 6.92 Å². The zero-order chi connectivity index (χ0) is 10.8. The molecule has 3 nitrogen and oxygen atoms in total. The van der Waals surface area contributed by atoms with E-state index < -0.39 is 0 Å². The van der Waals surface area contributed by atoms with Gasteiger partial charge in [0.05, 0.1) is 6.61 Å². The normalized spacial score (nSPS) is 11.4. The molecular weight excluding hydrogens is 180 g/mol.